The highest BCUT2D eigenvalue weighted by Crippen LogP contribution is 2.08. The van der Waals surface area contributed by atoms with Crippen LogP contribution in [0.1, 0.15) is 27.2 Å². The first-order valence-corrected chi connectivity index (χ1v) is 4.51. The van der Waals surface area contributed by atoms with Crippen LogP contribution in [0.5, 0.6) is 0 Å². The maximum absolute atomic E-state index is 11.0. The van der Waals surface area contributed by atoms with Gasteiger partial charge in [0, 0.05) is 12.5 Å². The van der Waals surface area contributed by atoms with E-state index < -0.39 is 12.0 Å². The maximum atomic E-state index is 11.0. The Labute approximate surface area is 78.6 Å². The van der Waals surface area contributed by atoms with Crippen LogP contribution in [0.15, 0.2) is 0 Å². The molecule has 0 aromatic rings. The summed E-state index contributed by atoms with van der Waals surface area (Å²) >= 11 is 0. The van der Waals surface area contributed by atoms with Gasteiger partial charge in [0.2, 0.25) is 0 Å². The number of Topliss-reactive ketones (excluding diaryl/α,β-unsaturated/α-hetero) is 1. The molecule has 1 heterocycles. The number of hydrogen-bond donors (Lipinski definition) is 1. The van der Waals surface area contributed by atoms with Gasteiger partial charge in [-0.3, -0.25) is 10.1 Å². The van der Waals surface area contributed by atoms with Crippen LogP contribution in [0.4, 0.5) is 0 Å². The minimum Gasteiger partial charge on any atom is -0.468 e. The number of esters is 1. The normalized spacial score (nSPS) is 26.3. The molecule has 4 nitrogen and oxygen atoms in total. The lowest BCUT2D eigenvalue weighted by molar-refractivity contribution is -0.145. The van der Waals surface area contributed by atoms with E-state index in [0.717, 1.165) is 0 Å². The lowest BCUT2D eigenvalue weighted by Gasteiger charge is -2.06. The van der Waals surface area contributed by atoms with Crippen LogP contribution < -0.4 is 5.32 Å². The lowest BCUT2D eigenvalue weighted by atomic mass is 10.2. The summed E-state index contributed by atoms with van der Waals surface area (Å²) in [6.07, 6.45) is 0.416. The Kier molecular flexibility index (Phi) is 5.30. The summed E-state index contributed by atoms with van der Waals surface area (Å²) in [4.78, 5) is 21.9. The van der Waals surface area contributed by atoms with E-state index in [9.17, 15) is 9.59 Å². The molecule has 4 heteroatoms. The summed E-state index contributed by atoms with van der Waals surface area (Å²) in [5, 5.41) is 2.83. The van der Waals surface area contributed by atoms with Crippen molar-refractivity contribution in [3.8, 4) is 0 Å². The van der Waals surface area contributed by atoms with Gasteiger partial charge in [-0.1, -0.05) is 13.8 Å². The van der Waals surface area contributed by atoms with E-state index in [4.69, 9.17) is 0 Å². The summed E-state index contributed by atoms with van der Waals surface area (Å²) in [6.45, 7) is 5.86. The van der Waals surface area contributed by atoms with Gasteiger partial charge in [-0.05, 0) is 6.92 Å². The van der Waals surface area contributed by atoms with Gasteiger partial charge in [0.25, 0.3) is 0 Å². The standard InChI is InChI=1S/C7H11NO3.C2H6/c1-4-3-5(9)6(8-4)7(10)11-2;1-2/h4,6,8H,3H2,1-2H3;1-2H3. The van der Waals surface area contributed by atoms with Gasteiger partial charge in [0.15, 0.2) is 11.8 Å². The van der Waals surface area contributed by atoms with Crippen LogP contribution in [0.25, 0.3) is 0 Å². The average Bonchev–Trinajstić information content (AvgIpc) is 2.47. The second-order valence-electron chi connectivity index (χ2n) is 2.69. The fourth-order valence-corrected chi connectivity index (χ4v) is 1.17. The van der Waals surface area contributed by atoms with Crippen molar-refractivity contribution in [2.45, 2.75) is 39.3 Å². The predicted octanol–water partition coefficient (Wildman–Crippen LogP) is 0.505. The molecule has 1 saturated heterocycles. The van der Waals surface area contributed by atoms with E-state index in [2.05, 4.69) is 10.1 Å². The number of rotatable bonds is 1. The highest BCUT2D eigenvalue weighted by Gasteiger charge is 2.35. The Balaban J connectivity index is 0.000000671. The zero-order chi connectivity index (χ0) is 10.4. The summed E-state index contributed by atoms with van der Waals surface area (Å²) in [7, 11) is 1.28. The number of nitrogens with one attached hydrogen (secondary N) is 1. The number of hydrogen-bond acceptors (Lipinski definition) is 4. The van der Waals surface area contributed by atoms with E-state index in [1.54, 1.807) is 0 Å². The van der Waals surface area contributed by atoms with Crippen molar-refractivity contribution in [1.29, 1.82) is 0 Å². The molecule has 0 spiro atoms. The predicted molar refractivity (Wildman–Crippen MR) is 49.4 cm³/mol. The van der Waals surface area contributed by atoms with Gasteiger partial charge in [0.1, 0.15) is 0 Å². The molecule has 1 aliphatic rings. The first-order chi connectivity index (χ1) is 6.15. The molecule has 13 heavy (non-hydrogen) atoms. The van der Waals surface area contributed by atoms with Crippen LogP contribution in [-0.2, 0) is 14.3 Å². The van der Waals surface area contributed by atoms with Crippen molar-refractivity contribution in [2.24, 2.45) is 0 Å². The van der Waals surface area contributed by atoms with Crippen molar-refractivity contribution < 1.29 is 14.3 Å². The van der Waals surface area contributed by atoms with E-state index in [-0.39, 0.29) is 11.8 Å². The van der Waals surface area contributed by atoms with Crippen LogP contribution in [0.3, 0.4) is 0 Å². The van der Waals surface area contributed by atoms with Gasteiger partial charge in [-0.25, -0.2) is 4.79 Å². The van der Waals surface area contributed by atoms with Crippen molar-refractivity contribution in [2.75, 3.05) is 7.11 Å². The van der Waals surface area contributed by atoms with Gasteiger partial charge in [0.05, 0.1) is 7.11 Å². The molecule has 2 unspecified atom stereocenters. The third-order valence-corrected chi connectivity index (χ3v) is 1.72. The second kappa shape index (κ2) is 5.70. The largest absolute Gasteiger partial charge is 0.468 e. The molecule has 0 aromatic carbocycles. The van der Waals surface area contributed by atoms with Gasteiger partial charge >= 0.3 is 5.97 Å². The molecule has 1 aliphatic heterocycles. The smallest absolute Gasteiger partial charge is 0.330 e. The molecule has 0 amide bonds. The van der Waals surface area contributed by atoms with E-state index >= 15 is 0 Å². The minimum atomic E-state index is -0.727. The SMILES string of the molecule is CC.COC(=O)C1NC(C)CC1=O. The minimum absolute atomic E-state index is 0.0793. The van der Waals surface area contributed by atoms with Crippen LogP contribution >= 0.6 is 0 Å². The van der Waals surface area contributed by atoms with Gasteiger partial charge in [-0.15, -0.1) is 0 Å². The molecular weight excluding hydrogens is 170 g/mol. The number of carbonyl (C=O) groups excluding carboxylic acids is 2. The van der Waals surface area contributed by atoms with Gasteiger partial charge < -0.3 is 4.74 Å². The van der Waals surface area contributed by atoms with Crippen LogP contribution in [-0.4, -0.2) is 30.9 Å². The molecule has 0 aromatic heterocycles. The lowest BCUT2D eigenvalue weighted by Crippen LogP contribution is -2.38. The zero-order valence-electron chi connectivity index (χ0n) is 8.59. The molecule has 1 fully saturated rings. The molecule has 0 radical (unpaired) electrons. The van der Waals surface area contributed by atoms with Crippen LogP contribution in [0, 0.1) is 0 Å². The van der Waals surface area contributed by atoms with E-state index in [1.807, 2.05) is 20.8 Å². The second-order valence-corrected chi connectivity index (χ2v) is 2.69. The summed E-state index contributed by atoms with van der Waals surface area (Å²) in [5.41, 5.74) is 0. The number of ether oxygens (including phenoxy) is 1. The average molecular weight is 187 g/mol. The number of methoxy groups -OCH3 is 1. The molecule has 1 rings (SSSR count). The molecular formula is C9H17NO3. The Morgan fingerprint density at radius 3 is 2.38 bits per heavy atom. The quantitative estimate of drug-likeness (QED) is 0.480. The molecule has 0 aliphatic carbocycles. The highest BCUT2D eigenvalue weighted by atomic mass is 16.5. The van der Waals surface area contributed by atoms with Crippen LogP contribution in [0.2, 0.25) is 0 Å². The fourth-order valence-electron chi connectivity index (χ4n) is 1.17. The highest BCUT2D eigenvalue weighted by molar-refractivity contribution is 6.04. The van der Waals surface area contributed by atoms with Crippen molar-refractivity contribution in [1.82, 2.24) is 5.32 Å². The van der Waals surface area contributed by atoms with E-state index in [0.29, 0.717) is 6.42 Å². The third kappa shape index (κ3) is 3.14. The Bertz CT molecular complexity index is 183. The first-order valence-electron chi connectivity index (χ1n) is 4.51. The monoisotopic (exact) mass is 187 g/mol. The summed E-state index contributed by atoms with van der Waals surface area (Å²) in [5.74, 6) is -0.566. The molecule has 2 atom stereocenters. The Morgan fingerprint density at radius 1 is 1.54 bits per heavy atom. The molecule has 0 bridgehead atoms. The number of ketones is 1. The molecule has 1 N–H and O–H groups in total. The van der Waals surface area contributed by atoms with Crippen molar-refractivity contribution >= 4 is 11.8 Å². The Morgan fingerprint density at radius 2 is 2.08 bits per heavy atom. The van der Waals surface area contributed by atoms with Crippen molar-refractivity contribution in [3.05, 3.63) is 0 Å². The summed E-state index contributed by atoms with van der Waals surface area (Å²) in [6, 6.07) is -0.637. The first kappa shape index (κ1) is 12.1. The third-order valence-electron chi connectivity index (χ3n) is 1.72. The fraction of sp³-hybridized carbons (Fsp3) is 0.778. The molecule has 76 valence electrons. The summed E-state index contributed by atoms with van der Waals surface area (Å²) < 4.78 is 4.43. The van der Waals surface area contributed by atoms with E-state index in [1.165, 1.54) is 7.11 Å². The Hall–Kier alpha value is -0.900. The maximum Gasteiger partial charge on any atom is 0.330 e. The van der Waals surface area contributed by atoms with Crippen molar-refractivity contribution in [3.63, 3.8) is 0 Å². The zero-order valence-corrected chi connectivity index (χ0v) is 8.59. The number of carbonyl (C=O) groups is 2. The topological polar surface area (TPSA) is 55.4 Å². The molecule has 0 saturated carbocycles. The van der Waals surface area contributed by atoms with Gasteiger partial charge in [-0.2, -0.15) is 0 Å².